The van der Waals surface area contributed by atoms with Crippen LogP contribution < -0.4 is 11.2 Å². The van der Waals surface area contributed by atoms with Gasteiger partial charge >= 0.3 is 5.69 Å². The van der Waals surface area contributed by atoms with Crippen molar-refractivity contribution < 1.29 is 5.11 Å². The Kier molecular flexibility index (Phi) is 3.55. The first-order valence-corrected chi connectivity index (χ1v) is 6.15. The Balaban J connectivity index is 2.67. The topological polar surface area (TPSA) is 75.1 Å². The number of aromatic nitrogens is 2. The van der Waals surface area contributed by atoms with Crippen LogP contribution in [0.15, 0.2) is 39.9 Å². The van der Waals surface area contributed by atoms with Gasteiger partial charge in [0.25, 0.3) is 5.56 Å². The van der Waals surface area contributed by atoms with Gasteiger partial charge in [-0.3, -0.25) is 14.3 Å². The van der Waals surface area contributed by atoms with Crippen LogP contribution in [0.5, 0.6) is 5.88 Å². The molecule has 5 heteroatoms. The van der Waals surface area contributed by atoms with Crippen LogP contribution >= 0.6 is 0 Å². The summed E-state index contributed by atoms with van der Waals surface area (Å²) in [5, 5.41) is 10.1. The first-order valence-electron chi connectivity index (χ1n) is 6.15. The molecule has 0 spiro atoms. The summed E-state index contributed by atoms with van der Waals surface area (Å²) in [6.07, 6.45) is 0.628. The van der Waals surface area contributed by atoms with Gasteiger partial charge in [-0.25, -0.2) is 4.79 Å². The molecular weight excluding hydrogens is 244 g/mol. The predicted octanol–water partition coefficient (Wildman–Crippen LogP) is 1.55. The monoisotopic (exact) mass is 260 g/mol. The molecule has 0 fully saturated rings. The van der Waals surface area contributed by atoms with E-state index in [4.69, 9.17) is 0 Å². The zero-order valence-electron chi connectivity index (χ0n) is 10.9. The fourth-order valence-corrected chi connectivity index (χ4v) is 2.16. The molecule has 0 saturated carbocycles. The number of hydrogen-bond acceptors (Lipinski definition) is 3. The second-order valence-corrected chi connectivity index (χ2v) is 4.41. The second kappa shape index (κ2) is 5.14. The molecule has 2 aromatic rings. The Bertz CT molecular complexity index is 686. The standard InChI is InChI=1S/C14H16N2O3/c1-3-11(10-7-5-4-6-8-10)16-13(18)9(2)12(17)15-14(16)19/h4-8,11,18H,3H2,1-2H3,(H,15,17,19). The Morgan fingerprint density at radius 1 is 1.26 bits per heavy atom. The predicted molar refractivity (Wildman–Crippen MR) is 72.6 cm³/mol. The largest absolute Gasteiger partial charge is 0.494 e. The highest BCUT2D eigenvalue weighted by molar-refractivity contribution is 5.26. The van der Waals surface area contributed by atoms with Crippen LogP contribution in [0.4, 0.5) is 0 Å². The smallest absolute Gasteiger partial charge is 0.331 e. The van der Waals surface area contributed by atoms with E-state index < -0.39 is 11.2 Å². The molecule has 0 aliphatic rings. The summed E-state index contributed by atoms with van der Waals surface area (Å²) in [5.74, 6) is -0.274. The molecule has 0 bridgehead atoms. The van der Waals surface area contributed by atoms with Crippen molar-refractivity contribution in [3.8, 4) is 5.88 Å². The first kappa shape index (κ1) is 13.1. The molecule has 1 atom stereocenters. The fraction of sp³-hybridized carbons (Fsp3) is 0.286. The zero-order chi connectivity index (χ0) is 14.0. The normalized spacial score (nSPS) is 12.3. The number of nitrogens with one attached hydrogen (secondary N) is 1. The van der Waals surface area contributed by atoms with Crippen molar-refractivity contribution in [1.29, 1.82) is 0 Å². The Labute approximate surface area is 110 Å². The zero-order valence-corrected chi connectivity index (χ0v) is 10.9. The highest BCUT2D eigenvalue weighted by Gasteiger charge is 2.19. The number of aromatic hydroxyl groups is 1. The molecule has 19 heavy (non-hydrogen) atoms. The quantitative estimate of drug-likeness (QED) is 0.879. The molecule has 0 saturated heterocycles. The van der Waals surface area contributed by atoms with Gasteiger partial charge in [-0.2, -0.15) is 0 Å². The van der Waals surface area contributed by atoms with E-state index in [0.717, 1.165) is 5.56 Å². The third kappa shape index (κ3) is 2.31. The van der Waals surface area contributed by atoms with Gasteiger partial charge in [0.05, 0.1) is 11.6 Å². The van der Waals surface area contributed by atoms with E-state index in [-0.39, 0.29) is 17.5 Å². The minimum atomic E-state index is -0.594. The van der Waals surface area contributed by atoms with Crippen LogP contribution in [0.1, 0.15) is 30.5 Å². The third-order valence-electron chi connectivity index (χ3n) is 3.23. The number of H-pyrrole nitrogens is 1. The average Bonchev–Trinajstić information content (AvgIpc) is 2.42. The maximum atomic E-state index is 11.9. The fourth-order valence-electron chi connectivity index (χ4n) is 2.16. The van der Waals surface area contributed by atoms with E-state index in [1.165, 1.54) is 11.5 Å². The molecule has 2 N–H and O–H groups in total. The van der Waals surface area contributed by atoms with Gasteiger partial charge in [-0.15, -0.1) is 0 Å². The molecular formula is C14H16N2O3. The SMILES string of the molecule is CCC(c1ccccc1)n1c(O)c(C)c(=O)[nH]c1=O. The summed E-state index contributed by atoms with van der Waals surface area (Å²) >= 11 is 0. The molecule has 0 amide bonds. The van der Waals surface area contributed by atoms with Crippen molar-refractivity contribution in [2.75, 3.05) is 0 Å². The molecule has 1 aromatic carbocycles. The molecule has 0 radical (unpaired) electrons. The van der Waals surface area contributed by atoms with E-state index in [1.807, 2.05) is 37.3 Å². The highest BCUT2D eigenvalue weighted by Crippen LogP contribution is 2.24. The molecule has 0 aliphatic heterocycles. The van der Waals surface area contributed by atoms with E-state index in [1.54, 1.807) is 0 Å². The van der Waals surface area contributed by atoms with Crippen molar-refractivity contribution in [3.63, 3.8) is 0 Å². The molecule has 1 heterocycles. The van der Waals surface area contributed by atoms with Gasteiger partial charge < -0.3 is 5.11 Å². The molecule has 0 aliphatic carbocycles. The molecule has 1 aromatic heterocycles. The summed E-state index contributed by atoms with van der Waals surface area (Å²) in [6, 6.07) is 9.11. The first-order chi connectivity index (χ1) is 9.06. The number of rotatable bonds is 3. The summed E-state index contributed by atoms with van der Waals surface area (Å²) in [6.45, 7) is 3.41. The average molecular weight is 260 g/mol. The number of aromatic amines is 1. The van der Waals surface area contributed by atoms with E-state index >= 15 is 0 Å². The maximum Gasteiger partial charge on any atom is 0.331 e. The maximum absolute atomic E-state index is 11.9. The van der Waals surface area contributed by atoms with Crippen LogP contribution in [0, 0.1) is 6.92 Å². The van der Waals surface area contributed by atoms with Gasteiger partial charge in [-0.05, 0) is 18.9 Å². The molecule has 2 rings (SSSR count). The van der Waals surface area contributed by atoms with E-state index in [2.05, 4.69) is 4.98 Å². The summed E-state index contributed by atoms with van der Waals surface area (Å²) < 4.78 is 1.23. The van der Waals surface area contributed by atoms with Crippen LogP contribution in [-0.2, 0) is 0 Å². The lowest BCUT2D eigenvalue weighted by atomic mass is 10.0. The number of benzene rings is 1. The van der Waals surface area contributed by atoms with Crippen LogP contribution in [0.25, 0.3) is 0 Å². The van der Waals surface area contributed by atoms with Gasteiger partial charge in [0, 0.05) is 0 Å². The molecule has 5 nitrogen and oxygen atoms in total. The lowest BCUT2D eigenvalue weighted by molar-refractivity contribution is 0.373. The Hall–Kier alpha value is -2.30. The van der Waals surface area contributed by atoms with E-state index in [0.29, 0.717) is 6.42 Å². The minimum absolute atomic E-state index is 0.147. The Morgan fingerprint density at radius 2 is 1.89 bits per heavy atom. The van der Waals surface area contributed by atoms with Gasteiger partial charge in [0.15, 0.2) is 0 Å². The van der Waals surface area contributed by atoms with Crippen molar-refractivity contribution >= 4 is 0 Å². The van der Waals surface area contributed by atoms with Crippen molar-refractivity contribution in [3.05, 3.63) is 62.3 Å². The van der Waals surface area contributed by atoms with Gasteiger partial charge in [0.1, 0.15) is 0 Å². The third-order valence-corrected chi connectivity index (χ3v) is 3.23. The summed E-state index contributed by atoms with van der Waals surface area (Å²) in [4.78, 5) is 25.6. The van der Waals surface area contributed by atoms with Crippen molar-refractivity contribution in [1.82, 2.24) is 9.55 Å². The summed E-state index contributed by atoms with van der Waals surface area (Å²) in [5.41, 5.74) is -0.0895. The molecule has 100 valence electrons. The van der Waals surface area contributed by atoms with Crippen LogP contribution in [0.3, 0.4) is 0 Å². The van der Waals surface area contributed by atoms with Crippen LogP contribution in [-0.4, -0.2) is 14.7 Å². The second-order valence-electron chi connectivity index (χ2n) is 4.41. The lowest BCUT2D eigenvalue weighted by Gasteiger charge is -2.20. The molecule has 1 unspecified atom stereocenters. The minimum Gasteiger partial charge on any atom is -0.494 e. The van der Waals surface area contributed by atoms with E-state index in [9.17, 15) is 14.7 Å². The van der Waals surface area contributed by atoms with Gasteiger partial charge in [-0.1, -0.05) is 37.3 Å². The lowest BCUT2D eigenvalue weighted by Crippen LogP contribution is -2.34. The van der Waals surface area contributed by atoms with Crippen molar-refractivity contribution in [2.45, 2.75) is 26.3 Å². The Morgan fingerprint density at radius 3 is 2.47 bits per heavy atom. The summed E-state index contributed by atoms with van der Waals surface area (Å²) in [7, 11) is 0. The number of hydrogen-bond donors (Lipinski definition) is 2. The highest BCUT2D eigenvalue weighted by atomic mass is 16.3. The van der Waals surface area contributed by atoms with Crippen LogP contribution in [0.2, 0.25) is 0 Å². The number of nitrogens with zero attached hydrogens (tertiary/aromatic N) is 1. The van der Waals surface area contributed by atoms with Crippen molar-refractivity contribution in [2.24, 2.45) is 0 Å². The van der Waals surface area contributed by atoms with Gasteiger partial charge in [0.2, 0.25) is 5.88 Å².